The minimum Gasteiger partial charge on any atom is -0.332 e. The van der Waals surface area contributed by atoms with E-state index >= 15 is 0 Å². The average molecular weight is 374 g/mol. The molecule has 0 aliphatic carbocycles. The normalized spacial score (nSPS) is 9.68. The van der Waals surface area contributed by atoms with E-state index in [0.717, 1.165) is 10.0 Å². The molecule has 0 aliphatic rings. The predicted molar refractivity (Wildman–Crippen MR) is 93.7 cm³/mol. The van der Waals surface area contributed by atoms with Crippen LogP contribution in [0.4, 0.5) is 5.69 Å². The first-order chi connectivity index (χ1) is 10.5. The van der Waals surface area contributed by atoms with Gasteiger partial charge in [-0.25, -0.2) is 0 Å². The molecule has 2 aromatic rings. The number of anilines is 1. The third-order valence-electron chi connectivity index (χ3n) is 2.93. The number of rotatable bonds is 2. The van der Waals surface area contributed by atoms with Gasteiger partial charge in [-0.2, -0.15) is 5.26 Å². The lowest BCUT2D eigenvalue weighted by molar-refractivity contribution is 0.0977. The number of amides is 1. The summed E-state index contributed by atoms with van der Waals surface area (Å²) >= 11 is 8.51. The Kier molecular flexibility index (Phi) is 5.26. The predicted octanol–water partition coefficient (Wildman–Crippen LogP) is 3.76. The van der Waals surface area contributed by atoms with E-state index in [4.69, 9.17) is 17.5 Å². The molecule has 0 bridgehead atoms. The molecule has 0 saturated heterocycles. The summed E-state index contributed by atoms with van der Waals surface area (Å²) in [5.74, 6) is -0.285. The number of nitrogens with one attached hydrogen (secondary N) is 2. The molecule has 0 heterocycles. The summed E-state index contributed by atoms with van der Waals surface area (Å²) in [6.07, 6.45) is 0. The lowest BCUT2D eigenvalue weighted by atomic mass is 10.1. The number of aryl methyl sites for hydroxylation is 1. The number of thiocarbonyl (C=S) groups is 1. The van der Waals surface area contributed by atoms with Gasteiger partial charge in [-0.15, -0.1) is 0 Å². The summed E-state index contributed by atoms with van der Waals surface area (Å²) in [6, 6.07) is 14.2. The topological polar surface area (TPSA) is 64.9 Å². The highest BCUT2D eigenvalue weighted by atomic mass is 79.9. The average Bonchev–Trinajstić information content (AvgIpc) is 2.50. The van der Waals surface area contributed by atoms with E-state index in [0.29, 0.717) is 16.8 Å². The quantitative estimate of drug-likeness (QED) is 0.786. The van der Waals surface area contributed by atoms with Gasteiger partial charge in [-0.1, -0.05) is 22.0 Å². The Morgan fingerprint density at radius 3 is 2.50 bits per heavy atom. The van der Waals surface area contributed by atoms with Crippen LogP contribution in [0.1, 0.15) is 21.5 Å². The van der Waals surface area contributed by atoms with Gasteiger partial charge in [0.2, 0.25) is 0 Å². The van der Waals surface area contributed by atoms with Crippen molar-refractivity contribution in [2.24, 2.45) is 0 Å². The molecular formula is C16H12BrN3OS. The van der Waals surface area contributed by atoms with Crippen molar-refractivity contribution in [1.82, 2.24) is 5.32 Å². The van der Waals surface area contributed by atoms with Gasteiger partial charge in [-0.3, -0.25) is 10.1 Å². The van der Waals surface area contributed by atoms with Crippen molar-refractivity contribution in [1.29, 1.82) is 5.26 Å². The fourth-order valence-corrected chi connectivity index (χ4v) is 2.29. The van der Waals surface area contributed by atoms with E-state index in [1.165, 1.54) is 0 Å². The summed E-state index contributed by atoms with van der Waals surface area (Å²) in [4.78, 5) is 12.1. The maximum Gasteiger partial charge on any atom is 0.257 e. The van der Waals surface area contributed by atoms with E-state index in [-0.39, 0.29) is 11.0 Å². The Morgan fingerprint density at radius 2 is 1.91 bits per heavy atom. The Bertz CT molecular complexity index is 766. The first-order valence-corrected chi connectivity index (χ1v) is 7.58. The number of hydrogen-bond donors (Lipinski definition) is 2. The zero-order valence-corrected chi connectivity index (χ0v) is 14.1. The van der Waals surface area contributed by atoms with Crippen LogP contribution in [-0.2, 0) is 0 Å². The molecule has 2 aromatic carbocycles. The second-order valence-electron chi connectivity index (χ2n) is 4.56. The maximum atomic E-state index is 12.1. The number of benzene rings is 2. The SMILES string of the molecule is Cc1ccc(C(=O)NC(=S)Nc2ccc(C#N)cc2)cc1Br. The number of carbonyl (C=O) groups excluding carboxylic acids is 1. The molecule has 0 saturated carbocycles. The van der Waals surface area contributed by atoms with Crippen molar-refractivity contribution < 1.29 is 4.79 Å². The fraction of sp³-hybridized carbons (Fsp3) is 0.0625. The molecule has 2 N–H and O–H groups in total. The van der Waals surface area contributed by atoms with Crippen LogP contribution < -0.4 is 10.6 Å². The smallest absolute Gasteiger partial charge is 0.257 e. The highest BCUT2D eigenvalue weighted by Crippen LogP contribution is 2.17. The van der Waals surface area contributed by atoms with Crippen LogP contribution in [0.2, 0.25) is 0 Å². The highest BCUT2D eigenvalue weighted by molar-refractivity contribution is 9.10. The summed E-state index contributed by atoms with van der Waals surface area (Å²) in [6.45, 7) is 1.95. The third kappa shape index (κ3) is 4.13. The largest absolute Gasteiger partial charge is 0.332 e. The molecule has 0 atom stereocenters. The molecule has 0 spiro atoms. The summed E-state index contributed by atoms with van der Waals surface area (Å²) in [7, 11) is 0. The van der Waals surface area contributed by atoms with E-state index in [1.807, 2.05) is 19.1 Å². The van der Waals surface area contributed by atoms with Crippen molar-refractivity contribution in [2.45, 2.75) is 6.92 Å². The molecule has 0 fully saturated rings. The maximum absolute atomic E-state index is 12.1. The lowest BCUT2D eigenvalue weighted by Crippen LogP contribution is -2.34. The van der Waals surface area contributed by atoms with Crippen LogP contribution in [0.3, 0.4) is 0 Å². The number of carbonyl (C=O) groups is 1. The van der Waals surface area contributed by atoms with E-state index in [1.54, 1.807) is 36.4 Å². The van der Waals surface area contributed by atoms with E-state index in [2.05, 4.69) is 26.6 Å². The second-order valence-corrected chi connectivity index (χ2v) is 5.82. The minimum absolute atomic E-state index is 0.200. The Balaban J connectivity index is 2.00. The molecule has 1 amide bonds. The van der Waals surface area contributed by atoms with Gasteiger partial charge in [0.25, 0.3) is 5.91 Å². The Morgan fingerprint density at radius 1 is 1.23 bits per heavy atom. The van der Waals surface area contributed by atoms with Crippen LogP contribution in [0.15, 0.2) is 46.9 Å². The second kappa shape index (κ2) is 7.16. The van der Waals surface area contributed by atoms with Gasteiger partial charge < -0.3 is 5.32 Å². The summed E-state index contributed by atoms with van der Waals surface area (Å²) in [5.41, 5.74) is 2.83. The Labute approximate surface area is 142 Å². The molecule has 110 valence electrons. The van der Waals surface area contributed by atoms with Gasteiger partial charge in [-0.05, 0) is 61.1 Å². The van der Waals surface area contributed by atoms with Gasteiger partial charge in [0.1, 0.15) is 0 Å². The molecule has 0 aromatic heterocycles. The zero-order chi connectivity index (χ0) is 16.1. The van der Waals surface area contributed by atoms with E-state index in [9.17, 15) is 4.79 Å². The van der Waals surface area contributed by atoms with E-state index < -0.39 is 0 Å². The summed E-state index contributed by atoms with van der Waals surface area (Å²) < 4.78 is 0.867. The third-order valence-corrected chi connectivity index (χ3v) is 3.99. The molecule has 4 nitrogen and oxygen atoms in total. The molecule has 6 heteroatoms. The van der Waals surface area contributed by atoms with Crippen molar-refractivity contribution in [2.75, 3.05) is 5.32 Å². The van der Waals surface area contributed by atoms with Gasteiger partial charge in [0.05, 0.1) is 11.6 Å². The van der Waals surface area contributed by atoms with Gasteiger partial charge in [0.15, 0.2) is 5.11 Å². The van der Waals surface area contributed by atoms with Gasteiger partial charge >= 0.3 is 0 Å². The number of nitrogens with zero attached hydrogens (tertiary/aromatic N) is 1. The van der Waals surface area contributed by atoms with Crippen LogP contribution >= 0.6 is 28.1 Å². The number of halogens is 1. The summed E-state index contributed by atoms with van der Waals surface area (Å²) in [5, 5.41) is 14.5. The molecular weight excluding hydrogens is 362 g/mol. The highest BCUT2D eigenvalue weighted by Gasteiger charge is 2.09. The monoisotopic (exact) mass is 373 g/mol. The van der Waals surface area contributed by atoms with Crippen LogP contribution in [-0.4, -0.2) is 11.0 Å². The zero-order valence-electron chi connectivity index (χ0n) is 11.7. The molecule has 22 heavy (non-hydrogen) atoms. The standard InChI is InChI=1S/C16H12BrN3OS/c1-10-2-5-12(8-14(10)17)15(21)20-16(22)19-13-6-3-11(9-18)4-7-13/h2-8H,1H3,(H2,19,20,21,22). The fourth-order valence-electron chi connectivity index (χ4n) is 1.70. The first kappa shape index (κ1) is 16.1. The van der Waals surface area contributed by atoms with Crippen LogP contribution in [0, 0.1) is 18.3 Å². The van der Waals surface area contributed by atoms with Crippen molar-refractivity contribution in [3.8, 4) is 6.07 Å². The van der Waals surface area contributed by atoms with Crippen LogP contribution in [0.25, 0.3) is 0 Å². The minimum atomic E-state index is -0.285. The molecule has 0 unspecified atom stereocenters. The Hall–Kier alpha value is -2.23. The number of hydrogen-bond acceptors (Lipinski definition) is 3. The number of nitriles is 1. The van der Waals surface area contributed by atoms with Crippen molar-refractivity contribution in [3.05, 3.63) is 63.6 Å². The van der Waals surface area contributed by atoms with Crippen LogP contribution in [0.5, 0.6) is 0 Å². The molecule has 0 aliphatic heterocycles. The molecule has 2 rings (SSSR count). The lowest BCUT2D eigenvalue weighted by Gasteiger charge is -2.10. The van der Waals surface area contributed by atoms with Gasteiger partial charge in [0, 0.05) is 15.7 Å². The first-order valence-electron chi connectivity index (χ1n) is 6.38. The van der Waals surface area contributed by atoms with Crippen molar-refractivity contribution >= 4 is 44.9 Å². The van der Waals surface area contributed by atoms with Crippen molar-refractivity contribution in [3.63, 3.8) is 0 Å². The molecule has 0 radical (unpaired) electrons.